The van der Waals surface area contributed by atoms with Crippen molar-refractivity contribution in [2.75, 3.05) is 0 Å². The van der Waals surface area contributed by atoms with Crippen molar-refractivity contribution in [2.45, 2.75) is 19.5 Å². The molecule has 186 valence electrons. The van der Waals surface area contributed by atoms with Gasteiger partial charge in [0.25, 0.3) is 5.56 Å². The predicted octanol–water partition coefficient (Wildman–Crippen LogP) is 3.15. The fourth-order valence-corrected chi connectivity index (χ4v) is 4.99. The smallest absolute Gasteiger partial charge is 0.354 e. The van der Waals surface area contributed by atoms with Crippen LogP contribution in [0.2, 0.25) is 0 Å². The third-order valence-corrected chi connectivity index (χ3v) is 6.79. The van der Waals surface area contributed by atoms with Crippen LogP contribution < -0.4 is 16.7 Å². The zero-order chi connectivity index (χ0) is 26.0. The van der Waals surface area contributed by atoms with Crippen LogP contribution in [-0.2, 0) is 6.54 Å². The summed E-state index contributed by atoms with van der Waals surface area (Å²) in [7, 11) is 0. The summed E-state index contributed by atoms with van der Waals surface area (Å²) in [5.41, 5.74) is 1.33. The Morgan fingerprint density at radius 1 is 1.14 bits per heavy atom. The number of carbonyl (C=O) groups is 1. The number of rotatable bonds is 4. The molecule has 0 bridgehead atoms. The molecule has 0 radical (unpaired) electrons. The second-order valence-corrected chi connectivity index (χ2v) is 9.04. The molecule has 11 heteroatoms. The largest absolute Gasteiger partial charge is 0.477 e. The number of allylic oxidation sites excluding steroid dienone is 2. The summed E-state index contributed by atoms with van der Waals surface area (Å²) in [4.78, 5) is 41.8. The number of nitrogens with zero attached hydrogens (tertiary/aromatic N) is 3. The van der Waals surface area contributed by atoms with E-state index in [2.05, 4.69) is 15.5 Å². The number of aromatic amines is 1. The van der Waals surface area contributed by atoms with Gasteiger partial charge in [-0.1, -0.05) is 18.2 Å². The summed E-state index contributed by atoms with van der Waals surface area (Å²) < 4.78 is 31.7. The molecule has 0 saturated heterocycles. The van der Waals surface area contributed by atoms with Crippen molar-refractivity contribution >= 4 is 34.0 Å². The van der Waals surface area contributed by atoms with Gasteiger partial charge >= 0.3 is 11.7 Å². The minimum absolute atomic E-state index is 0.0985. The molecule has 0 spiro atoms. The number of halogens is 2. The Morgan fingerprint density at radius 2 is 1.92 bits per heavy atom. The molecule has 2 aliphatic rings. The van der Waals surface area contributed by atoms with Crippen molar-refractivity contribution in [3.63, 3.8) is 0 Å². The molecule has 6 rings (SSSR count). The van der Waals surface area contributed by atoms with Crippen LogP contribution in [0.25, 0.3) is 27.5 Å². The van der Waals surface area contributed by atoms with Gasteiger partial charge in [0, 0.05) is 23.1 Å². The van der Waals surface area contributed by atoms with Gasteiger partial charge in [-0.3, -0.25) is 4.79 Å². The molecule has 0 saturated carbocycles. The quantitative estimate of drug-likeness (QED) is 0.395. The standard InChI is InChI=1S/C26H19F2N5O4/c1-12-6-16-21(9-17(12)27)32(11-14-8-20-13(7-18(14)28)10-29-31-20)23(25(35)36)22(16)33-24(34)15-4-2-3-5-19(15)30-26(33)37/h2-10,13,20,31H,11H2,1H3,(H,30,37)(H,35,36). The maximum absolute atomic E-state index is 15.0. The maximum atomic E-state index is 15.0. The second-order valence-electron chi connectivity index (χ2n) is 9.04. The number of carboxylic acid groups (broad SMARTS) is 1. The van der Waals surface area contributed by atoms with Crippen molar-refractivity contribution < 1.29 is 18.7 Å². The zero-order valence-corrected chi connectivity index (χ0v) is 19.3. The molecular formula is C26H19F2N5O4. The first-order valence-corrected chi connectivity index (χ1v) is 11.4. The number of aryl methyl sites for hydroxylation is 1. The van der Waals surface area contributed by atoms with E-state index in [4.69, 9.17) is 0 Å². The average molecular weight is 503 g/mol. The lowest BCUT2D eigenvalue weighted by atomic mass is 9.93. The monoisotopic (exact) mass is 503 g/mol. The lowest BCUT2D eigenvalue weighted by Crippen LogP contribution is -2.34. The topological polar surface area (TPSA) is 121 Å². The van der Waals surface area contributed by atoms with Crippen LogP contribution in [0.3, 0.4) is 0 Å². The maximum Gasteiger partial charge on any atom is 0.354 e. The summed E-state index contributed by atoms with van der Waals surface area (Å²) in [6.45, 7) is 1.20. The summed E-state index contributed by atoms with van der Waals surface area (Å²) in [5, 5.41) is 14.6. The van der Waals surface area contributed by atoms with Crippen molar-refractivity contribution in [3.8, 4) is 5.69 Å². The molecule has 0 fully saturated rings. The van der Waals surface area contributed by atoms with Gasteiger partial charge in [0.05, 0.1) is 34.7 Å². The van der Waals surface area contributed by atoms with Gasteiger partial charge in [-0.25, -0.2) is 22.9 Å². The molecule has 2 unspecified atom stereocenters. The number of aromatic carboxylic acids is 1. The van der Waals surface area contributed by atoms with E-state index in [1.54, 1.807) is 30.5 Å². The third-order valence-electron chi connectivity index (χ3n) is 6.79. The van der Waals surface area contributed by atoms with Gasteiger partial charge in [0.15, 0.2) is 5.69 Å². The number of hydrazone groups is 1. The zero-order valence-electron chi connectivity index (χ0n) is 19.3. The Morgan fingerprint density at radius 3 is 2.70 bits per heavy atom. The van der Waals surface area contributed by atoms with Crippen LogP contribution in [-0.4, -0.2) is 37.5 Å². The van der Waals surface area contributed by atoms with Crippen molar-refractivity contribution in [2.24, 2.45) is 11.0 Å². The molecule has 2 aromatic carbocycles. The Labute approximate surface area is 206 Å². The number of carboxylic acids is 1. The first kappa shape index (κ1) is 22.7. The molecule has 3 N–H and O–H groups in total. The Hall–Kier alpha value is -4.80. The summed E-state index contributed by atoms with van der Waals surface area (Å²) in [5.74, 6) is -2.93. The lowest BCUT2D eigenvalue weighted by Gasteiger charge is -2.20. The average Bonchev–Trinajstić information content (AvgIpc) is 3.42. The van der Waals surface area contributed by atoms with Gasteiger partial charge in [0.2, 0.25) is 0 Å². The van der Waals surface area contributed by atoms with Gasteiger partial charge < -0.3 is 20.1 Å². The molecule has 3 heterocycles. The van der Waals surface area contributed by atoms with Gasteiger partial charge in [0.1, 0.15) is 11.6 Å². The molecule has 1 aliphatic carbocycles. The Bertz CT molecular complexity index is 1860. The minimum atomic E-state index is -1.47. The lowest BCUT2D eigenvalue weighted by molar-refractivity contribution is 0.0686. The van der Waals surface area contributed by atoms with Crippen LogP contribution in [0.5, 0.6) is 0 Å². The highest BCUT2D eigenvalue weighted by atomic mass is 19.1. The van der Waals surface area contributed by atoms with Crippen molar-refractivity contribution in [1.29, 1.82) is 0 Å². The number of benzene rings is 2. The molecule has 2 atom stereocenters. The Kier molecular flexibility index (Phi) is 4.97. The van der Waals surface area contributed by atoms with Crippen LogP contribution in [0.1, 0.15) is 16.1 Å². The highest BCUT2D eigenvalue weighted by Crippen LogP contribution is 2.34. The van der Waals surface area contributed by atoms with Crippen LogP contribution >= 0.6 is 0 Å². The number of H-pyrrole nitrogens is 1. The van der Waals surface area contributed by atoms with Gasteiger partial charge in [-0.2, -0.15) is 5.10 Å². The molecule has 1 aliphatic heterocycles. The third kappa shape index (κ3) is 3.42. The first-order chi connectivity index (χ1) is 17.7. The highest BCUT2D eigenvalue weighted by Gasteiger charge is 2.31. The number of fused-ring (bicyclic) bond motifs is 3. The van der Waals surface area contributed by atoms with E-state index in [-0.39, 0.29) is 57.1 Å². The summed E-state index contributed by atoms with van der Waals surface area (Å²) in [6.07, 6.45) is 4.55. The Balaban J connectivity index is 1.67. The van der Waals surface area contributed by atoms with Crippen LogP contribution in [0.15, 0.2) is 74.6 Å². The van der Waals surface area contributed by atoms with E-state index in [1.165, 1.54) is 29.7 Å². The van der Waals surface area contributed by atoms with Crippen LogP contribution in [0, 0.1) is 18.7 Å². The van der Waals surface area contributed by atoms with Gasteiger partial charge in [-0.15, -0.1) is 0 Å². The molecule has 0 amide bonds. The number of nitrogens with one attached hydrogen (secondary N) is 2. The number of hydrogen-bond acceptors (Lipinski definition) is 5. The molecule has 4 aromatic rings. The second kappa shape index (κ2) is 8.12. The highest BCUT2D eigenvalue weighted by molar-refractivity contribution is 6.03. The SMILES string of the molecule is Cc1cc2c(-n3c(=O)[nH]c4ccccc4c3=O)c(C(=O)O)n(CC3=CC4NN=CC4C=C3F)c2cc1F. The van der Waals surface area contributed by atoms with E-state index in [0.717, 1.165) is 10.6 Å². The fourth-order valence-electron chi connectivity index (χ4n) is 4.99. The van der Waals surface area contributed by atoms with E-state index >= 15 is 4.39 Å². The fraction of sp³-hybridized carbons (Fsp3) is 0.154. The van der Waals surface area contributed by atoms with E-state index in [1.807, 2.05) is 0 Å². The van der Waals surface area contributed by atoms with E-state index < -0.39 is 34.6 Å². The van der Waals surface area contributed by atoms with Crippen LogP contribution in [0.4, 0.5) is 8.78 Å². The van der Waals surface area contributed by atoms with Gasteiger partial charge in [-0.05, 0) is 42.8 Å². The number of hydrogen-bond donors (Lipinski definition) is 3. The van der Waals surface area contributed by atoms with E-state index in [0.29, 0.717) is 0 Å². The molecular weight excluding hydrogens is 484 g/mol. The summed E-state index contributed by atoms with van der Waals surface area (Å²) >= 11 is 0. The number of para-hydroxylation sites is 1. The summed E-state index contributed by atoms with van der Waals surface area (Å²) in [6, 6.07) is 8.54. The normalized spacial score (nSPS) is 18.6. The molecule has 9 nitrogen and oxygen atoms in total. The molecule has 2 aromatic heterocycles. The van der Waals surface area contributed by atoms with E-state index in [9.17, 15) is 23.9 Å². The first-order valence-electron chi connectivity index (χ1n) is 11.4. The predicted molar refractivity (Wildman–Crippen MR) is 133 cm³/mol. The molecule has 37 heavy (non-hydrogen) atoms. The minimum Gasteiger partial charge on any atom is -0.477 e. The van der Waals surface area contributed by atoms with Crippen molar-refractivity contribution in [1.82, 2.24) is 19.5 Å². The number of aromatic nitrogens is 3. The van der Waals surface area contributed by atoms with Crippen molar-refractivity contribution in [3.05, 3.63) is 97.9 Å².